The molecule has 0 saturated carbocycles. The number of rotatable bonds is 4. The van der Waals surface area contributed by atoms with Crippen LogP contribution in [0.25, 0.3) is 10.9 Å². The molecule has 7 nitrogen and oxygen atoms in total. The molecule has 3 heterocycles. The van der Waals surface area contributed by atoms with E-state index >= 15 is 0 Å². The van der Waals surface area contributed by atoms with Crippen LogP contribution in [0.3, 0.4) is 0 Å². The first kappa shape index (κ1) is 17.1. The number of pyridine rings is 1. The van der Waals surface area contributed by atoms with Crippen molar-refractivity contribution >= 4 is 22.7 Å². The first-order chi connectivity index (χ1) is 13.1. The number of fused-ring (bicyclic) bond motifs is 1. The van der Waals surface area contributed by atoms with E-state index < -0.39 is 5.91 Å². The van der Waals surface area contributed by atoms with Gasteiger partial charge >= 0.3 is 0 Å². The molecule has 138 valence electrons. The van der Waals surface area contributed by atoms with Crippen LogP contribution in [-0.4, -0.2) is 45.9 Å². The number of hydrogen-bond donors (Lipinski definition) is 2. The first-order valence-corrected chi connectivity index (χ1v) is 8.90. The molecule has 1 atom stereocenters. The molecular weight excluding hydrogens is 344 g/mol. The molecule has 4 rings (SSSR count). The molecule has 0 aliphatic carbocycles. The number of amides is 2. The van der Waals surface area contributed by atoms with Gasteiger partial charge in [-0.05, 0) is 31.0 Å². The summed E-state index contributed by atoms with van der Waals surface area (Å²) in [6, 6.07) is 12.9. The fraction of sp³-hybridized carbons (Fsp3) is 0.250. The largest absolute Gasteiger partial charge is 0.488 e. The fourth-order valence-electron chi connectivity index (χ4n) is 3.39. The summed E-state index contributed by atoms with van der Waals surface area (Å²) in [5, 5.41) is 1.02. The quantitative estimate of drug-likeness (QED) is 0.742. The zero-order valence-electron chi connectivity index (χ0n) is 14.7. The predicted octanol–water partition coefficient (Wildman–Crippen LogP) is 2.35. The Morgan fingerprint density at radius 1 is 1.22 bits per heavy atom. The smallest absolute Gasteiger partial charge is 0.270 e. The Morgan fingerprint density at radius 2 is 2.07 bits per heavy atom. The molecule has 1 unspecified atom stereocenters. The van der Waals surface area contributed by atoms with Gasteiger partial charge in [0.05, 0.1) is 6.54 Å². The number of nitrogens with two attached hydrogens (primary N) is 1. The van der Waals surface area contributed by atoms with Gasteiger partial charge in [-0.15, -0.1) is 0 Å². The number of aromatic amines is 1. The molecule has 2 aromatic heterocycles. The number of aromatic nitrogens is 2. The molecule has 1 fully saturated rings. The number of nitrogens with zero attached hydrogens (tertiary/aromatic N) is 2. The highest BCUT2D eigenvalue weighted by Crippen LogP contribution is 2.21. The van der Waals surface area contributed by atoms with Gasteiger partial charge in [-0.3, -0.25) is 14.6 Å². The maximum absolute atomic E-state index is 12.9. The summed E-state index contributed by atoms with van der Waals surface area (Å²) in [5.74, 6) is -0.101. The molecular formula is C20H20N4O3. The number of likely N-dealkylation sites (tertiary alicyclic amines) is 1. The summed E-state index contributed by atoms with van der Waals surface area (Å²) in [6.45, 7) is 1.18. The minimum Gasteiger partial charge on any atom is -0.488 e. The topological polar surface area (TPSA) is 101 Å². The third kappa shape index (κ3) is 3.62. The number of ether oxygens (including phenoxy) is 1. The fourth-order valence-corrected chi connectivity index (χ4v) is 3.39. The molecule has 1 aromatic carbocycles. The second-order valence-corrected chi connectivity index (χ2v) is 6.64. The molecule has 1 aliphatic heterocycles. The van der Waals surface area contributed by atoms with Crippen molar-refractivity contribution in [2.24, 2.45) is 5.73 Å². The van der Waals surface area contributed by atoms with Crippen molar-refractivity contribution in [2.45, 2.75) is 18.9 Å². The minimum atomic E-state index is -0.597. The van der Waals surface area contributed by atoms with Gasteiger partial charge in [-0.25, -0.2) is 0 Å². The lowest BCUT2D eigenvalue weighted by molar-refractivity contribution is 0.0533. The van der Waals surface area contributed by atoms with Crippen molar-refractivity contribution in [1.82, 2.24) is 14.9 Å². The van der Waals surface area contributed by atoms with Crippen molar-refractivity contribution in [3.63, 3.8) is 0 Å². The minimum absolute atomic E-state index is 0.0351. The van der Waals surface area contributed by atoms with Crippen molar-refractivity contribution in [3.05, 3.63) is 60.0 Å². The Morgan fingerprint density at radius 3 is 2.89 bits per heavy atom. The first-order valence-electron chi connectivity index (χ1n) is 8.90. The maximum Gasteiger partial charge on any atom is 0.270 e. The van der Waals surface area contributed by atoms with Crippen LogP contribution < -0.4 is 10.5 Å². The Balaban J connectivity index is 1.46. The number of nitrogens with one attached hydrogen (secondary N) is 1. The van der Waals surface area contributed by atoms with Crippen LogP contribution in [0.15, 0.2) is 48.7 Å². The van der Waals surface area contributed by atoms with E-state index in [1.54, 1.807) is 11.0 Å². The average molecular weight is 364 g/mol. The normalized spacial score (nSPS) is 17.0. The van der Waals surface area contributed by atoms with Crippen molar-refractivity contribution in [1.29, 1.82) is 0 Å². The molecule has 0 radical (unpaired) electrons. The van der Waals surface area contributed by atoms with Gasteiger partial charge in [0.15, 0.2) is 0 Å². The number of para-hydroxylation sites is 1. The number of primary amides is 1. The molecule has 0 bridgehead atoms. The highest BCUT2D eigenvalue weighted by atomic mass is 16.5. The second-order valence-electron chi connectivity index (χ2n) is 6.64. The summed E-state index contributed by atoms with van der Waals surface area (Å²) in [6.07, 6.45) is 3.04. The highest BCUT2D eigenvalue weighted by molar-refractivity contribution is 5.98. The Labute approximate surface area is 156 Å². The van der Waals surface area contributed by atoms with Crippen LogP contribution in [0.2, 0.25) is 0 Å². The molecule has 3 aromatic rings. The van der Waals surface area contributed by atoms with E-state index in [1.807, 2.05) is 30.3 Å². The van der Waals surface area contributed by atoms with Gasteiger partial charge in [0, 0.05) is 29.7 Å². The molecule has 7 heteroatoms. The monoisotopic (exact) mass is 364 g/mol. The average Bonchev–Trinajstić information content (AvgIpc) is 3.12. The van der Waals surface area contributed by atoms with E-state index in [1.165, 1.54) is 12.3 Å². The standard InChI is InChI=1S/C20H20N4O3/c21-19(25)17-11-14(7-8-22-17)27-15-5-3-9-24(12-15)20(26)18-10-13-4-1-2-6-16(13)23-18/h1-2,4,6-8,10-11,15,23H,3,5,9,12H2,(H2,21,25). The van der Waals surface area contributed by atoms with Crippen LogP contribution in [0.4, 0.5) is 0 Å². The zero-order chi connectivity index (χ0) is 18.8. The molecule has 3 N–H and O–H groups in total. The van der Waals surface area contributed by atoms with Crippen molar-refractivity contribution in [3.8, 4) is 5.75 Å². The number of carbonyl (C=O) groups is 2. The number of carbonyl (C=O) groups excluding carboxylic acids is 2. The number of H-pyrrole nitrogens is 1. The van der Waals surface area contributed by atoms with Gasteiger partial charge < -0.3 is 20.4 Å². The summed E-state index contributed by atoms with van der Waals surface area (Å²) in [7, 11) is 0. The van der Waals surface area contributed by atoms with E-state index in [0.717, 1.165) is 23.7 Å². The van der Waals surface area contributed by atoms with Crippen LogP contribution in [-0.2, 0) is 0 Å². The summed E-state index contributed by atoms with van der Waals surface area (Å²) in [5.41, 5.74) is 6.95. The number of hydrogen-bond acceptors (Lipinski definition) is 4. The van der Waals surface area contributed by atoms with Gasteiger partial charge in [-0.1, -0.05) is 18.2 Å². The lowest BCUT2D eigenvalue weighted by Gasteiger charge is -2.32. The van der Waals surface area contributed by atoms with E-state index in [0.29, 0.717) is 24.5 Å². The number of piperidine rings is 1. The summed E-state index contributed by atoms with van der Waals surface area (Å²) >= 11 is 0. The molecule has 27 heavy (non-hydrogen) atoms. The van der Waals surface area contributed by atoms with Crippen molar-refractivity contribution in [2.75, 3.05) is 13.1 Å². The molecule has 1 aliphatic rings. The third-order valence-corrected chi connectivity index (χ3v) is 4.71. The van der Waals surface area contributed by atoms with Gasteiger partial charge in [-0.2, -0.15) is 0 Å². The highest BCUT2D eigenvalue weighted by Gasteiger charge is 2.26. The molecule has 0 spiro atoms. The molecule has 1 saturated heterocycles. The second kappa shape index (κ2) is 7.11. The van der Waals surface area contributed by atoms with Crippen LogP contribution in [0, 0.1) is 0 Å². The van der Waals surface area contributed by atoms with E-state index in [2.05, 4.69) is 9.97 Å². The SMILES string of the molecule is NC(=O)c1cc(OC2CCCN(C(=O)c3cc4ccccc4[nH]3)C2)ccn1. The van der Waals surface area contributed by atoms with Crippen LogP contribution in [0.5, 0.6) is 5.75 Å². The van der Waals surface area contributed by atoms with Crippen molar-refractivity contribution < 1.29 is 14.3 Å². The maximum atomic E-state index is 12.9. The van der Waals surface area contributed by atoms with E-state index in [9.17, 15) is 9.59 Å². The van der Waals surface area contributed by atoms with E-state index in [4.69, 9.17) is 10.5 Å². The van der Waals surface area contributed by atoms with Gasteiger partial charge in [0.25, 0.3) is 11.8 Å². The summed E-state index contributed by atoms with van der Waals surface area (Å²) in [4.78, 5) is 33.0. The third-order valence-electron chi connectivity index (χ3n) is 4.71. The van der Waals surface area contributed by atoms with Gasteiger partial charge in [0.2, 0.25) is 0 Å². The Kier molecular flexibility index (Phi) is 4.50. The predicted molar refractivity (Wildman–Crippen MR) is 101 cm³/mol. The Bertz CT molecular complexity index is 965. The molecule has 2 amide bonds. The Hall–Kier alpha value is -3.35. The lowest BCUT2D eigenvalue weighted by Crippen LogP contribution is -2.44. The van der Waals surface area contributed by atoms with E-state index in [-0.39, 0.29) is 17.7 Å². The van der Waals surface area contributed by atoms with Crippen LogP contribution in [0.1, 0.15) is 33.8 Å². The lowest BCUT2D eigenvalue weighted by atomic mass is 10.1. The summed E-state index contributed by atoms with van der Waals surface area (Å²) < 4.78 is 5.97. The van der Waals surface area contributed by atoms with Crippen LogP contribution >= 0.6 is 0 Å². The van der Waals surface area contributed by atoms with Gasteiger partial charge in [0.1, 0.15) is 23.2 Å². The number of benzene rings is 1. The zero-order valence-corrected chi connectivity index (χ0v) is 14.7.